The lowest BCUT2D eigenvalue weighted by molar-refractivity contribution is -0.136. The van der Waals surface area contributed by atoms with E-state index in [0.717, 1.165) is 35.6 Å². The molecule has 2 aromatic rings. The fourth-order valence-electron chi connectivity index (χ4n) is 5.12. The number of rotatable bonds is 4. The van der Waals surface area contributed by atoms with E-state index in [-0.39, 0.29) is 23.7 Å². The number of fused-ring (bicyclic) bond motifs is 3. The van der Waals surface area contributed by atoms with Gasteiger partial charge in [-0.3, -0.25) is 9.59 Å². The van der Waals surface area contributed by atoms with Gasteiger partial charge in [0.25, 0.3) is 0 Å². The SMILES string of the molecule is Cc1ccc(CN(C(=O)C2CC3CCCC(C2)C3=O)c2ccc3c(c2)OCCO3)s1. The predicted molar refractivity (Wildman–Crippen MR) is 116 cm³/mol. The molecular formula is C24H27NO4S. The lowest BCUT2D eigenvalue weighted by Gasteiger charge is -2.39. The van der Waals surface area contributed by atoms with Crippen molar-refractivity contribution in [3.05, 3.63) is 40.1 Å². The molecule has 0 radical (unpaired) electrons. The Morgan fingerprint density at radius 1 is 1.07 bits per heavy atom. The monoisotopic (exact) mass is 425 g/mol. The van der Waals surface area contributed by atoms with Crippen LogP contribution in [0.1, 0.15) is 41.9 Å². The molecule has 0 spiro atoms. The Morgan fingerprint density at radius 2 is 1.80 bits per heavy atom. The van der Waals surface area contributed by atoms with E-state index < -0.39 is 0 Å². The number of carbonyl (C=O) groups is 2. The molecule has 30 heavy (non-hydrogen) atoms. The molecule has 6 heteroatoms. The fourth-order valence-corrected chi connectivity index (χ4v) is 6.00. The van der Waals surface area contributed by atoms with Crippen LogP contribution in [-0.4, -0.2) is 24.9 Å². The molecule has 0 saturated heterocycles. The van der Waals surface area contributed by atoms with Gasteiger partial charge in [-0.2, -0.15) is 0 Å². The van der Waals surface area contributed by atoms with Crippen LogP contribution in [0, 0.1) is 24.7 Å². The van der Waals surface area contributed by atoms with Gasteiger partial charge in [-0.05, 0) is 56.9 Å². The normalized spacial score (nSPS) is 25.1. The number of aryl methyl sites for hydroxylation is 1. The summed E-state index contributed by atoms with van der Waals surface area (Å²) >= 11 is 1.72. The van der Waals surface area contributed by atoms with Gasteiger partial charge in [0, 0.05) is 39.3 Å². The van der Waals surface area contributed by atoms with E-state index in [4.69, 9.17) is 9.47 Å². The third-order valence-corrected chi connectivity index (χ3v) is 7.60. The molecule has 5 nitrogen and oxygen atoms in total. The quantitative estimate of drug-likeness (QED) is 0.709. The smallest absolute Gasteiger partial charge is 0.230 e. The Kier molecular flexibility index (Phi) is 5.27. The average molecular weight is 426 g/mol. The molecule has 1 aliphatic heterocycles. The second-order valence-corrected chi connectivity index (χ2v) is 10.0. The Morgan fingerprint density at radius 3 is 2.50 bits per heavy atom. The second-order valence-electron chi connectivity index (χ2n) is 8.66. The number of carbonyl (C=O) groups excluding carboxylic acids is 2. The number of Topliss-reactive ketones (excluding diaryl/α,β-unsaturated/α-hetero) is 1. The van der Waals surface area contributed by atoms with E-state index in [9.17, 15) is 9.59 Å². The first kappa shape index (κ1) is 19.6. The molecule has 3 aliphatic rings. The van der Waals surface area contributed by atoms with E-state index in [1.165, 1.54) is 4.88 Å². The van der Waals surface area contributed by atoms with Crippen molar-refractivity contribution >= 4 is 28.7 Å². The maximum Gasteiger partial charge on any atom is 0.230 e. The van der Waals surface area contributed by atoms with Gasteiger partial charge in [-0.25, -0.2) is 0 Å². The van der Waals surface area contributed by atoms with Gasteiger partial charge in [0.2, 0.25) is 5.91 Å². The standard InChI is InChI=1S/C24H27NO4S/c1-15-5-7-20(30-15)14-25(19-6-8-21-22(13-19)29-10-9-28-21)24(27)18-11-16-3-2-4-17(12-18)23(16)26/h5-8,13,16-18H,2-4,9-12,14H2,1H3. The van der Waals surface area contributed by atoms with E-state index in [1.54, 1.807) is 11.3 Å². The lowest BCUT2D eigenvalue weighted by atomic mass is 9.67. The van der Waals surface area contributed by atoms with E-state index in [2.05, 4.69) is 19.1 Å². The molecule has 1 aromatic carbocycles. The lowest BCUT2D eigenvalue weighted by Crippen LogP contribution is -2.44. The van der Waals surface area contributed by atoms with Crippen molar-refractivity contribution in [3.8, 4) is 11.5 Å². The number of ether oxygens (including phenoxy) is 2. The summed E-state index contributed by atoms with van der Waals surface area (Å²) in [6.07, 6.45) is 4.38. The van der Waals surface area contributed by atoms with Crippen LogP contribution < -0.4 is 14.4 Å². The van der Waals surface area contributed by atoms with E-state index in [0.29, 0.717) is 44.1 Å². The van der Waals surface area contributed by atoms with Gasteiger partial charge in [-0.1, -0.05) is 6.42 Å². The molecule has 5 rings (SSSR count). The maximum atomic E-state index is 13.8. The van der Waals surface area contributed by atoms with Crippen molar-refractivity contribution in [2.45, 2.75) is 45.6 Å². The summed E-state index contributed by atoms with van der Waals surface area (Å²) in [4.78, 5) is 30.6. The van der Waals surface area contributed by atoms with E-state index >= 15 is 0 Å². The van der Waals surface area contributed by atoms with Crippen LogP contribution in [0.2, 0.25) is 0 Å². The number of thiophene rings is 1. The summed E-state index contributed by atoms with van der Waals surface area (Å²) < 4.78 is 11.4. The minimum absolute atomic E-state index is 0.0672. The minimum Gasteiger partial charge on any atom is -0.486 e. The zero-order chi connectivity index (χ0) is 20.7. The van der Waals surface area contributed by atoms with Crippen molar-refractivity contribution in [1.82, 2.24) is 0 Å². The molecule has 158 valence electrons. The number of hydrogen-bond donors (Lipinski definition) is 0. The van der Waals surface area contributed by atoms with Crippen LogP contribution in [0.5, 0.6) is 11.5 Å². The number of benzene rings is 1. The highest BCUT2D eigenvalue weighted by Crippen LogP contribution is 2.42. The van der Waals surface area contributed by atoms with Gasteiger partial charge < -0.3 is 14.4 Å². The molecular weight excluding hydrogens is 398 g/mol. The Labute approximate surface area is 181 Å². The number of hydrogen-bond acceptors (Lipinski definition) is 5. The fraction of sp³-hybridized carbons (Fsp3) is 0.500. The zero-order valence-electron chi connectivity index (χ0n) is 17.3. The summed E-state index contributed by atoms with van der Waals surface area (Å²) in [5.41, 5.74) is 0.831. The highest BCUT2D eigenvalue weighted by atomic mass is 32.1. The highest BCUT2D eigenvalue weighted by Gasteiger charge is 2.42. The summed E-state index contributed by atoms with van der Waals surface area (Å²) in [6, 6.07) is 9.94. The zero-order valence-corrected chi connectivity index (χ0v) is 18.1. The van der Waals surface area contributed by atoms with Crippen molar-refractivity contribution < 1.29 is 19.1 Å². The van der Waals surface area contributed by atoms with Crippen molar-refractivity contribution in [1.29, 1.82) is 0 Å². The van der Waals surface area contributed by atoms with Crippen LogP contribution in [0.15, 0.2) is 30.3 Å². The third-order valence-electron chi connectivity index (χ3n) is 6.61. The first-order valence-electron chi connectivity index (χ1n) is 10.9. The van der Waals surface area contributed by atoms with Crippen LogP contribution in [0.25, 0.3) is 0 Å². The van der Waals surface area contributed by atoms with Crippen LogP contribution in [0.4, 0.5) is 5.69 Å². The molecule has 2 aliphatic carbocycles. The van der Waals surface area contributed by atoms with Gasteiger partial charge in [-0.15, -0.1) is 11.3 Å². The third kappa shape index (κ3) is 3.73. The number of nitrogens with zero attached hydrogens (tertiary/aromatic N) is 1. The maximum absolute atomic E-state index is 13.8. The van der Waals surface area contributed by atoms with Crippen LogP contribution in [0.3, 0.4) is 0 Å². The molecule has 2 saturated carbocycles. The van der Waals surface area contributed by atoms with Crippen molar-refractivity contribution in [3.63, 3.8) is 0 Å². The molecule has 1 amide bonds. The minimum atomic E-state index is -0.0905. The molecule has 2 fully saturated rings. The highest BCUT2D eigenvalue weighted by molar-refractivity contribution is 7.11. The van der Waals surface area contributed by atoms with Crippen molar-refractivity contribution in [2.75, 3.05) is 18.1 Å². The Balaban J connectivity index is 1.45. The predicted octanol–water partition coefficient (Wildman–Crippen LogP) is 4.76. The molecule has 2 bridgehead atoms. The molecule has 2 unspecified atom stereocenters. The first-order valence-corrected chi connectivity index (χ1v) is 11.7. The number of anilines is 1. The van der Waals surface area contributed by atoms with Crippen LogP contribution in [-0.2, 0) is 16.1 Å². The Bertz CT molecular complexity index is 952. The van der Waals surface area contributed by atoms with Crippen LogP contribution >= 0.6 is 11.3 Å². The number of ketones is 1. The van der Waals surface area contributed by atoms with Gasteiger partial charge in [0.05, 0.1) is 6.54 Å². The van der Waals surface area contributed by atoms with Gasteiger partial charge in [0.15, 0.2) is 11.5 Å². The molecule has 2 atom stereocenters. The molecule has 0 N–H and O–H groups in total. The van der Waals surface area contributed by atoms with Crippen molar-refractivity contribution in [2.24, 2.45) is 17.8 Å². The summed E-state index contributed by atoms with van der Waals surface area (Å²) in [5.74, 6) is 1.98. The van der Waals surface area contributed by atoms with Gasteiger partial charge in [0.1, 0.15) is 19.0 Å². The van der Waals surface area contributed by atoms with E-state index in [1.807, 2.05) is 23.1 Å². The second kappa shape index (κ2) is 8.06. The largest absolute Gasteiger partial charge is 0.486 e. The topological polar surface area (TPSA) is 55.8 Å². The average Bonchev–Trinajstić information content (AvgIpc) is 3.16. The first-order chi connectivity index (χ1) is 14.6. The molecule has 2 heterocycles. The Hall–Kier alpha value is -2.34. The summed E-state index contributed by atoms with van der Waals surface area (Å²) in [6.45, 7) is 3.68. The number of amides is 1. The summed E-state index contributed by atoms with van der Waals surface area (Å²) in [7, 11) is 0. The van der Waals surface area contributed by atoms with Gasteiger partial charge >= 0.3 is 0 Å². The molecule has 1 aromatic heterocycles. The summed E-state index contributed by atoms with van der Waals surface area (Å²) in [5, 5.41) is 0.